The molecule has 0 radical (unpaired) electrons. The number of nitrogens with zero attached hydrogens (tertiary/aromatic N) is 2. The van der Waals surface area contributed by atoms with Crippen molar-refractivity contribution in [1.29, 1.82) is 0 Å². The average Bonchev–Trinajstić information content (AvgIpc) is 2.64. The Labute approximate surface area is 158 Å². The fraction of sp³-hybridized carbons (Fsp3) is 0.550. The molecule has 2 saturated heterocycles. The number of hydrogen-bond donors (Lipinski definition) is 0. The second-order valence-electron chi connectivity index (χ2n) is 7.41. The van der Waals surface area contributed by atoms with Gasteiger partial charge in [0.2, 0.25) is 5.91 Å². The van der Waals surface area contributed by atoms with Crippen molar-refractivity contribution < 1.29 is 23.5 Å². The lowest BCUT2D eigenvalue weighted by molar-refractivity contribution is -0.153. The Kier molecular flexibility index (Phi) is 5.89. The first-order valence-electron chi connectivity index (χ1n) is 9.36. The number of likely N-dealkylation sites (tertiary alicyclic amines) is 1. The second kappa shape index (κ2) is 8.17. The fourth-order valence-electron chi connectivity index (χ4n) is 3.80. The van der Waals surface area contributed by atoms with Crippen LogP contribution in [0.25, 0.3) is 0 Å². The van der Waals surface area contributed by atoms with Crippen LogP contribution in [0.3, 0.4) is 0 Å². The van der Waals surface area contributed by atoms with Gasteiger partial charge >= 0.3 is 0 Å². The Bertz CT molecular complexity index is 738. The molecule has 146 valence electrons. The number of halogens is 1. The molecule has 7 heteroatoms. The summed E-state index contributed by atoms with van der Waals surface area (Å²) in [5, 5.41) is 0. The highest BCUT2D eigenvalue weighted by Crippen LogP contribution is 2.32. The Balaban J connectivity index is 1.68. The second-order valence-corrected chi connectivity index (χ2v) is 7.41. The van der Waals surface area contributed by atoms with E-state index in [1.54, 1.807) is 21.9 Å². The van der Waals surface area contributed by atoms with E-state index in [1.165, 1.54) is 19.1 Å². The summed E-state index contributed by atoms with van der Waals surface area (Å²) in [6.45, 7) is 2.80. The summed E-state index contributed by atoms with van der Waals surface area (Å²) in [6, 6.07) is 5.95. The largest absolute Gasteiger partial charge is 0.361 e. The molecule has 0 N–H and O–H groups in total. The van der Waals surface area contributed by atoms with Crippen LogP contribution in [0.5, 0.6) is 0 Å². The number of carbonyl (C=O) groups excluding carboxylic acids is 3. The first-order chi connectivity index (χ1) is 12.9. The maximum atomic E-state index is 13.6. The molecule has 2 fully saturated rings. The van der Waals surface area contributed by atoms with Gasteiger partial charge in [0.25, 0.3) is 5.91 Å². The third-order valence-electron chi connectivity index (χ3n) is 5.18. The van der Waals surface area contributed by atoms with E-state index in [9.17, 15) is 18.8 Å². The molecule has 0 aliphatic carbocycles. The summed E-state index contributed by atoms with van der Waals surface area (Å²) in [7, 11) is 0. The summed E-state index contributed by atoms with van der Waals surface area (Å²) in [5.74, 6) is -0.520. The number of morpholine rings is 1. The number of piperidine rings is 1. The lowest BCUT2D eigenvalue weighted by atomic mass is 9.90. The Morgan fingerprint density at radius 1 is 1.26 bits per heavy atom. The molecule has 1 spiro atoms. The van der Waals surface area contributed by atoms with Crippen molar-refractivity contribution in [1.82, 2.24) is 4.90 Å². The standard InChI is InChI=1S/C20H25FN2O4/c1-15(24)5-2-8-18(25)22-10-4-9-20(13-22)14-23(19(26)12-27-20)17-7-3-6-16(21)11-17/h3,6-7,11H,2,4-5,8-10,12-14H2,1H3. The lowest BCUT2D eigenvalue weighted by Crippen LogP contribution is -2.62. The van der Waals surface area contributed by atoms with Gasteiger partial charge in [-0.15, -0.1) is 0 Å². The highest BCUT2D eigenvalue weighted by molar-refractivity contribution is 5.95. The quantitative estimate of drug-likeness (QED) is 0.791. The predicted molar refractivity (Wildman–Crippen MR) is 97.8 cm³/mol. The van der Waals surface area contributed by atoms with Crippen molar-refractivity contribution in [2.45, 2.75) is 44.6 Å². The van der Waals surface area contributed by atoms with Gasteiger partial charge in [-0.05, 0) is 44.4 Å². The zero-order valence-corrected chi connectivity index (χ0v) is 15.6. The molecule has 1 atom stereocenters. The Morgan fingerprint density at radius 2 is 2.07 bits per heavy atom. The van der Waals surface area contributed by atoms with Crippen LogP contribution in [0.4, 0.5) is 10.1 Å². The molecule has 3 rings (SSSR count). The van der Waals surface area contributed by atoms with Crippen molar-refractivity contribution in [2.24, 2.45) is 0 Å². The molecule has 0 bridgehead atoms. The molecule has 1 unspecified atom stereocenters. The minimum atomic E-state index is -0.630. The highest BCUT2D eigenvalue weighted by Gasteiger charge is 2.44. The highest BCUT2D eigenvalue weighted by atomic mass is 19.1. The number of amides is 2. The lowest BCUT2D eigenvalue weighted by Gasteiger charge is -2.47. The number of benzene rings is 1. The molecule has 1 aromatic rings. The third-order valence-corrected chi connectivity index (χ3v) is 5.18. The van der Waals surface area contributed by atoms with Crippen molar-refractivity contribution in [3.8, 4) is 0 Å². The fourth-order valence-corrected chi connectivity index (χ4v) is 3.80. The molecule has 27 heavy (non-hydrogen) atoms. The van der Waals surface area contributed by atoms with E-state index in [4.69, 9.17) is 4.74 Å². The number of hydrogen-bond acceptors (Lipinski definition) is 4. The summed E-state index contributed by atoms with van der Waals surface area (Å²) in [6.07, 6.45) is 2.81. The van der Waals surface area contributed by atoms with Crippen LogP contribution in [-0.2, 0) is 19.1 Å². The van der Waals surface area contributed by atoms with Crippen molar-refractivity contribution in [3.05, 3.63) is 30.1 Å². The summed E-state index contributed by atoms with van der Waals surface area (Å²) >= 11 is 0. The van der Waals surface area contributed by atoms with Crippen LogP contribution < -0.4 is 4.90 Å². The van der Waals surface area contributed by atoms with E-state index >= 15 is 0 Å². The maximum Gasteiger partial charge on any atom is 0.253 e. The van der Waals surface area contributed by atoms with Crippen molar-refractivity contribution in [3.63, 3.8) is 0 Å². The van der Waals surface area contributed by atoms with Gasteiger partial charge in [0.05, 0.1) is 13.1 Å². The number of rotatable bonds is 5. The van der Waals surface area contributed by atoms with E-state index in [0.29, 0.717) is 44.6 Å². The van der Waals surface area contributed by atoms with Gasteiger partial charge < -0.3 is 19.3 Å². The average molecular weight is 376 g/mol. The van der Waals surface area contributed by atoms with Gasteiger partial charge in [-0.1, -0.05) is 6.07 Å². The van der Waals surface area contributed by atoms with E-state index < -0.39 is 11.4 Å². The van der Waals surface area contributed by atoms with Gasteiger partial charge in [0.1, 0.15) is 23.8 Å². The van der Waals surface area contributed by atoms with Gasteiger partial charge in [-0.3, -0.25) is 9.59 Å². The van der Waals surface area contributed by atoms with Gasteiger partial charge in [-0.25, -0.2) is 4.39 Å². The molecule has 0 saturated carbocycles. The smallest absolute Gasteiger partial charge is 0.253 e. The molecule has 2 amide bonds. The number of Topliss-reactive ketones (excluding diaryl/α,β-unsaturated/α-hetero) is 1. The van der Waals surface area contributed by atoms with Crippen LogP contribution in [-0.4, -0.2) is 54.3 Å². The molecule has 2 aliphatic heterocycles. The number of anilines is 1. The predicted octanol–water partition coefficient (Wildman–Crippen LogP) is 2.31. The zero-order chi connectivity index (χ0) is 19.4. The van der Waals surface area contributed by atoms with E-state index in [0.717, 1.165) is 12.8 Å². The van der Waals surface area contributed by atoms with Crippen molar-refractivity contribution >= 4 is 23.3 Å². The van der Waals surface area contributed by atoms with Gasteiger partial charge in [0, 0.05) is 25.1 Å². The van der Waals surface area contributed by atoms with E-state index in [-0.39, 0.29) is 24.2 Å². The molecule has 1 aromatic carbocycles. The summed E-state index contributed by atoms with van der Waals surface area (Å²) in [5.41, 5.74) is -0.123. The first-order valence-corrected chi connectivity index (χ1v) is 9.36. The minimum absolute atomic E-state index is 0.00753. The zero-order valence-electron chi connectivity index (χ0n) is 15.6. The van der Waals surface area contributed by atoms with Crippen molar-refractivity contribution in [2.75, 3.05) is 31.1 Å². The molecule has 2 heterocycles. The monoisotopic (exact) mass is 376 g/mol. The number of carbonyl (C=O) groups is 3. The van der Waals surface area contributed by atoms with E-state index in [1.807, 2.05) is 0 Å². The molecule has 6 nitrogen and oxygen atoms in total. The number of ketones is 1. The summed E-state index contributed by atoms with van der Waals surface area (Å²) < 4.78 is 19.5. The van der Waals surface area contributed by atoms with Crippen LogP contribution in [0.2, 0.25) is 0 Å². The molecular weight excluding hydrogens is 351 g/mol. The molecule has 2 aliphatic rings. The number of ether oxygens (including phenoxy) is 1. The van der Waals surface area contributed by atoms with Crippen LogP contribution >= 0.6 is 0 Å². The molecule has 0 aromatic heterocycles. The van der Waals surface area contributed by atoms with Gasteiger partial charge in [-0.2, -0.15) is 0 Å². The topological polar surface area (TPSA) is 66.9 Å². The Morgan fingerprint density at radius 3 is 2.81 bits per heavy atom. The van der Waals surface area contributed by atoms with Crippen LogP contribution in [0.1, 0.15) is 39.0 Å². The van der Waals surface area contributed by atoms with Crippen LogP contribution in [0, 0.1) is 5.82 Å². The third kappa shape index (κ3) is 4.71. The van der Waals surface area contributed by atoms with Crippen LogP contribution in [0.15, 0.2) is 24.3 Å². The maximum absolute atomic E-state index is 13.6. The van der Waals surface area contributed by atoms with E-state index in [2.05, 4.69) is 0 Å². The minimum Gasteiger partial charge on any atom is -0.361 e. The summed E-state index contributed by atoms with van der Waals surface area (Å²) in [4.78, 5) is 39.2. The van der Waals surface area contributed by atoms with Gasteiger partial charge in [0.15, 0.2) is 0 Å². The Hall–Kier alpha value is -2.28. The normalized spacial score (nSPS) is 23.0. The molecular formula is C20H25FN2O4. The SMILES string of the molecule is CC(=O)CCCC(=O)N1CCCC2(C1)CN(c1cccc(F)c1)C(=O)CO2. The first kappa shape index (κ1) is 19.5.